The predicted octanol–water partition coefficient (Wildman–Crippen LogP) is 3.69. The number of halogens is 1. The number of benzene rings is 2. The van der Waals surface area contributed by atoms with Crippen molar-refractivity contribution < 1.29 is 9.13 Å². The first-order valence-corrected chi connectivity index (χ1v) is 7.39. The molecule has 2 nitrogen and oxygen atoms in total. The quantitative estimate of drug-likeness (QED) is 0.852. The summed E-state index contributed by atoms with van der Waals surface area (Å²) in [4.78, 5) is 2.30. The van der Waals surface area contributed by atoms with E-state index in [2.05, 4.69) is 24.1 Å². The van der Waals surface area contributed by atoms with Crippen molar-refractivity contribution in [3.63, 3.8) is 0 Å². The van der Waals surface area contributed by atoms with E-state index in [1.54, 1.807) is 12.1 Å². The van der Waals surface area contributed by atoms with Gasteiger partial charge in [-0.1, -0.05) is 42.5 Å². The molecule has 2 unspecified atom stereocenters. The van der Waals surface area contributed by atoms with E-state index in [0.29, 0.717) is 5.75 Å². The number of ether oxygens (including phenoxy) is 1. The molecule has 21 heavy (non-hydrogen) atoms. The van der Waals surface area contributed by atoms with Gasteiger partial charge in [-0.3, -0.25) is 0 Å². The molecule has 1 fully saturated rings. The second-order valence-electron chi connectivity index (χ2n) is 5.65. The summed E-state index contributed by atoms with van der Waals surface area (Å²) in [5.41, 5.74) is 1.25. The van der Waals surface area contributed by atoms with Crippen LogP contribution in [-0.2, 0) is 0 Å². The Kier molecular flexibility index (Phi) is 4.20. The molecule has 2 aromatic carbocycles. The molecule has 110 valence electrons. The van der Waals surface area contributed by atoms with Gasteiger partial charge < -0.3 is 9.64 Å². The van der Waals surface area contributed by atoms with Crippen molar-refractivity contribution in [2.45, 2.75) is 18.4 Å². The Morgan fingerprint density at radius 3 is 2.52 bits per heavy atom. The Morgan fingerprint density at radius 1 is 1.05 bits per heavy atom. The van der Waals surface area contributed by atoms with Crippen LogP contribution in [0.3, 0.4) is 0 Å². The summed E-state index contributed by atoms with van der Waals surface area (Å²) in [5, 5.41) is 0. The zero-order valence-electron chi connectivity index (χ0n) is 12.2. The molecule has 3 rings (SSSR count). The first-order chi connectivity index (χ1) is 10.2. The van der Waals surface area contributed by atoms with Gasteiger partial charge in [-0.05, 0) is 31.2 Å². The number of para-hydroxylation sites is 1. The number of hydrogen-bond donors (Lipinski definition) is 0. The van der Waals surface area contributed by atoms with Crippen LogP contribution < -0.4 is 4.74 Å². The van der Waals surface area contributed by atoms with Crippen molar-refractivity contribution in [3.05, 3.63) is 66.0 Å². The van der Waals surface area contributed by atoms with Crippen molar-refractivity contribution in [3.8, 4) is 5.75 Å². The topological polar surface area (TPSA) is 12.5 Å². The summed E-state index contributed by atoms with van der Waals surface area (Å²) in [6.07, 6.45) is 0.921. The monoisotopic (exact) mass is 285 g/mol. The van der Waals surface area contributed by atoms with Gasteiger partial charge in [-0.15, -0.1) is 0 Å². The van der Waals surface area contributed by atoms with Crippen molar-refractivity contribution in [2.75, 3.05) is 20.1 Å². The van der Waals surface area contributed by atoms with Crippen molar-refractivity contribution in [2.24, 2.45) is 0 Å². The van der Waals surface area contributed by atoms with Gasteiger partial charge in [-0.2, -0.15) is 0 Å². The largest absolute Gasteiger partial charge is 0.487 e. The fourth-order valence-corrected chi connectivity index (χ4v) is 2.96. The number of likely N-dealkylation sites (tertiary alicyclic amines) is 1. The van der Waals surface area contributed by atoms with E-state index in [1.807, 2.05) is 24.3 Å². The van der Waals surface area contributed by atoms with Crippen LogP contribution in [0, 0.1) is 5.82 Å². The van der Waals surface area contributed by atoms with E-state index in [9.17, 15) is 4.39 Å². The van der Waals surface area contributed by atoms with Gasteiger partial charge in [0.25, 0.3) is 0 Å². The Hall–Kier alpha value is -1.87. The van der Waals surface area contributed by atoms with Crippen LogP contribution >= 0.6 is 0 Å². The van der Waals surface area contributed by atoms with E-state index in [0.717, 1.165) is 19.5 Å². The lowest BCUT2D eigenvalue weighted by Gasteiger charge is -2.37. The molecule has 0 bridgehead atoms. The highest BCUT2D eigenvalue weighted by molar-refractivity contribution is 5.26. The molecular formula is C18H20FNO. The average molecular weight is 285 g/mol. The second kappa shape index (κ2) is 6.27. The fourth-order valence-electron chi connectivity index (χ4n) is 2.96. The standard InChI is InChI=1S/C18H20FNO/c1-20-12-11-17(21-18-10-6-5-9-16(18)19)15(13-20)14-7-3-2-4-8-14/h2-10,15,17H,11-13H2,1H3. The van der Waals surface area contributed by atoms with Gasteiger partial charge in [0.05, 0.1) is 0 Å². The average Bonchev–Trinajstić information content (AvgIpc) is 2.52. The molecule has 1 aliphatic rings. The van der Waals surface area contributed by atoms with Gasteiger partial charge in [0.2, 0.25) is 0 Å². The highest BCUT2D eigenvalue weighted by Crippen LogP contribution is 2.31. The smallest absolute Gasteiger partial charge is 0.165 e. The molecule has 1 aliphatic heterocycles. The molecule has 2 atom stereocenters. The third-order valence-corrected chi connectivity index (χ3v) is 4.10. The predicted molar refractivity (Wildman–Crippen MR) is 82.1 cm³/mol. The van der Waals surface area contributed by atoms with Gasteiger partial charge in [0.1, 0.15) is 6.10 Å². The number of piperidine rings is 1. The van der Waals surface area contributed by atoms with Crippen molar-refractivity contribution in [1.82, 2.24) is 4.90 Å². The summed E-state index contributed by atoms with van der Waals surface area (Å²) in [7, 11) is 2.12. The molecule has 0 aromatic heterocycles. The molecule has 0 amide bonds. The molecule has 1 heterocycles. The first kappa shape index (κ1) is 14.1. The van der Waals surface area contributed by atoms with Crippen molar-refractivity contribution >= 4 is 0 Å². The maximum Gasteiger partial charge on any atom is 0.165 e. The van der Waals surface area contributed by atoms with Crippen LogP contribution in [0.15, 0.2) is 54.6 Å². The van der Waals surface area contributed by atoms with E-state index in [4.69, 9.17) is 4.74 Å². The summed E-state index contributed by atoms with van der Waals surface area (Å²) < 4.78 is 19.8. The van der Waals surface area contributed by atoms with Crippen LogP contribution in [0.5, 0.6) is 5.75 Å². The Bertz CT molecular complexity index is 587. The normalized spacial score (nSPS) is 23.0. The van der Waals surface area contributed by atoms with Gasteiger partial charge >= 0.3 is 0 Å². The number of hydrogen-bond acceptors (Lipinski definition) is 2. The molecule has 0 spiro atoms. The molecule has 0 radical (unpaired) electrons. The maximum absolute atomic E-state index is 13.8. The van der Waals surface area contributed by atoms with Crippen molar-refractivity contribution in [1.29, 1.82) is 0 Å². The highest BCUT2D eigenvalue weighted by Gasteiger charge is 2.31. The maximum atomic E-state index is 13.8. The van der Waals surface area contributed by atoms with E-state index >= 15 is 0 Å². The van der Waals surface area contributed by atoms with Crippen LogP contribution in [0.1, 0.15) is 17.9 Å². The molecule has 0 aliphatic carbocycles. The fraction of sp³-hybridized carbons (Fsp3) is 0.333. The molecule has 0 saturated carbocycles. The van der Waals surface area contributed by atoms with Crippen LogP contribution in [0.4, 0.5) is 4.39 Å². The SMILES string of the molecule is CN1CCC(Oc2ccccc2F)C(c2ccccc2)C1. The third kappa shape index (κ3) is 3.24. The summed E-state index contributed by atoms with van der Waals surface area (Å²) >= 11 is 0. The van der Waals surface area contributed by atoms with E-state index < -0.39 is 0 Å². The summed E-state index contributed by atoms with van der Waals surface area (Å²) in [5.74, 6) is 0.334. The Balaban J connectivity index is 1.83. The van der Waals surface area contributed by atoms with Crippen LogP contribution in [0.2, 0.25) is 0 Å². The van der Waals surface area contributed by atoms with Gasteiger partial charge in [0, 0.05) is 19.0 Å². The molecule has 1 saturated heterocycles. The summed E-state index contributed by atoms with van der Waals surface area (Å²) in [6.45, 7) is 1.91. The number of rotatable bonds is 3. The molecule has 3 heteroatoms. The number of likely N-dealkylation sites (N-methyl/N-ethyl adjacent to an activating group) is 1. The Morgan fingerprint density at radius 2 is 1.76 bits per heavy atom. The zero-order chi connectivity index (χ0) is 14.7. The lowest BCUT2D eigenvalue weighted by molar-refractivity contribution is 0.0867. The Labute approximate surface area is 125 Å². The van der Waals surface area contributed by atoms with Crippen LogP contribution in [0.25, 0.3) is 0 Å². The number of nitrogens with zero attached hydrogens (tertiary/aromatic N) is 1. The van der Waals surface area contributed by atoms with E-state index in [1.165, 1.54) is 11.6 Å². The van der Waals surface area contributed by atoms with Gasteiger partial charge in [0.15, 0.2) is 11.6 Å². The van der Waals surface area contributed by atoms with Gasteiger partial charge in [-0.25, -0.2) is 4.39 Å². The third-order valence-electron chi connectivity index (χ3n) is 4.10. The molecular weight excluding hydrogens is 265 g/mol. The van der Waals surface area contributed by atoms with Crippen LogP contribution in [-0.4, -0.2) is 31.1 Å². The summed E-state index contributed by atoms with van der Waals surface area (Å²) in [6, 6.07) is 17.0. The zero-order valence-corrected chi connectivity index (χ0v) is 12.2. The lowest BCUT2D eigenvalue weighted by atomic mass is 9.88. The minimum Gasteiger partial charge on any atom is -0.487 e. The first-order valence-electron chi connectivity index (χ1n) is 7.39. The lowest BCUT2D eigenvalue weighted by Crippen LogP contribution is -2.42. The minimum atomic E-state index is -0.289. The molecule has 2 aromatic rings. The minimum absolute atomic E-state index is 0.0144. The second-order valence-corrected chi connectivity index (χ2v) is 5.65. The molecule has 0 N–H and O–H groups in total. The van der Waals surface area contributed by atoms with E-state index in [-0.39, 0.29) is 17.8 Å². The highest BCUT2D eigenvalue weighted by atomic mass is 19.1.